The second-order valence-electron chi connectivity index (χ2n) is 7.88. The van der Waals surface area contributed by atoms with Gasteiger partial charge in [0, 0.05) is 31.1 Å². The maximum Gasteiger partial charge on any atom is 0.123 e. The van der Waals surface area contributed by atoms with E-state index in [2.05, 4.69) is 48.2 Å². The van der Waals surface area contributed by atoms with Crippen molar-refractivity contribution in [3.63, 3.8) is 0 Å². The average molecular weight is 354 g/mol. The first-order valence-corrected chi connectivity index (χ1v) is 9.46. The van der Waals surface area contributed by atoms with Gasteiger partial charge in [0.2, 0.25) is 0 Å². The molecule has 4 rings (SSSR count). The molecule has 0 saturated carbocycles. The van der Waals surface area contributed by atoms with E-state index in [9.17, 15) is 9.50 Å². The highest BCUT2D eigenvalue weighted by Gasteiger charge is 2.45. The van der Waals surface area contributed by atoms with Gasteiger partial charge in [-0.05, 0) is 61.3 Å². The number of β-amino-alcohol motifs (C(OH)–C–C–N with tert-alkyl or cyclic N) is 1. The van der Waals surface area contributed by atoms with E-state index in [4.69, 9.17) is 0 Å². The van der Waals surface area contributed by atoms with Crippen LogP contribution >= 0.6 is 0 Å². The number of benzene rings is 2. The van der Waals surface area contributed by atoms with Crippen molar-refractivity contribution in [2.24, 2.45) is 0 Å². The van der Waals surface area contributed by atoms with Crippen LogP contribution in [0.4, 0.5) is 4.39 Å². The first kappa shape index (κ1) is 17.7. The number of likely N-dealkylation sites (tertiary alicyclic amines) is 1. The Hall–Kier alpha value is -1.75. The third-order valence-electron chi connectivity index (χ3n) is 5.93. The highest BCUT2D eigenvalue weighted by molar-refractivity contribution is 5.46. The van der Waals surface area contributed by atoms with E-state index in [1.54, 1.807) is 12.1 Å². The fourth-order valence-corrected chi connectivity index (χ4v) is 5.01. The second kappa shape index (κ2) is 7.10. The summed E-state index contributed by atoms with van der Waals surface area (Å²) in [6.07, 6.45) is 1.89. The maximum atomic E-state index is 14.2. The Morgan fingerprint density at radius 1 is 1.12 bits per heavy atom. The van der Waals surface area contributed by atoms with E-state index in [1.807, 2.05) is 6.07 Å². The molecule has 26 heavy (non-hydrogen) atoms. The van der Waals surface area contributed by atoms with Gasteiger partial charge < -0.3 is 10.0 Å². The molecule has 2 aliphatic rings. The second-order valence-corrected chi connectivity index (χ2v) is 7.88. The lowest BCUT2D eigenvalue weighted by Gasteiger charge is -2.33. The van der Waals surface area contributed by atoms with E-state index in [0.717, 1.165) is 24.9 Å². The number of fused-ring (bicyclic) bond motifs is 5. The molecule has 0 unspecified atom stereocenters. The number of likely N-dealkylation sites (N-methyl/N-ethyl adjacent to an activating group) is 1. The lowest BCUT2D eigenvalue weighted by Crippen LogP contribution is -2.40. The number of halogens is 1. The molecule has 1 heterocycles. The molecule has 1 N–H and O–H groups in total. The molecule has 0 radical (unpaired) electrons. The van der Waals surface area contributed by atoms with Gasteiger partial charge in [-0.1, -0.05) is 30.3 Å². The predicted octanol–water partition coefficient (Wildman–Crippen LogP) is 3.18. The van der Waals surface area contributed by atoms with Gasteiger partial charge in [0.25, 0.3) is 0 Å². The molecule has 1 saturated heterocycles. The zero-order chi connectivity index (χ0) is 18.3. The minimum atomic E-state index is -0.173. The Morgan fingerprint density at radius 3 is 2.65 bits per heavy atom. The molecule has 2 aromatic rings. The van der Waals surface area contributed by atoms with Crippen LogP contribution in [0.5, 0.6) is 0 Å². The Balaban J connectivity index is 1.86. The van der Waals surface area contributed by atoms with Crippen LogP contribution in [0.15, 0.2) is 42.5 Å². The Labute approximate surface area is 155 Å². The molecule has 4 heteroatoms. The van der Waals surface area contributed by atoms with Crippen LogP contribution in [0.3, 0.4) is 0 Å². The molecule has 1 fully saturated rings. The smallest absolute Gasteiger partial charge is 0.123 e. The van der Waals surface area contributed by atoms with Crippen LogP contribution in [0.1, 0.15) is 40.6 Å². The fourth-order valence-electron chi connectivity index (χ4n) is 5.01. The highest BCUT2D eigenvalue weighted by Crippen LogP contribution is 2.50. The third kappa shape index (κ3) is 3.07. The van der Waals surface area contributed by atoms with Crippen LogP contribution in [-0.4, -0.2) is 54.7 Å². The molecule has 2 aromatic carbocycles. The third-order valence-corrected chi connectivity index (χ3v) is 5.93. The molecule has 0 aromatic heterocycles. The number of hydrogen-bond donors (Lipinski definition) is 1. The van der Waals surface area contributed by atoms with Crippen molar-refractivity contribution in [3.8, 4) is 0 Å². The normalized spacial score (nSPS) is 24.9. The molecule has 0 bridgehead atoms. The van der Waals surface area contributed by atoms with Crippen molar-refractivity contribution in [3.05, 3.63) is 70.5 Å². The summed E-state index contributed by atoms with van der Waals surface area (Å²) in [5, 5.41) is 9.71. The average Bonchev–Trinajstić information content (AvgIpc) is 2.88. The van der Waals surface area contributed by atoms with Gasteiger partial charge in [-0.2, -0.15) is 0 Å². The van der Waals surface area contributed by atoms with Gasteiger partial charge in [-0.15, -0.1) is 0 Å². The zero-order valence-corrected chi connectivity index (χ0v) is 15.5. The van der Waals surface area contributed by atoms with Gasteiger partial charge >= 0.3 is 0 Å². The van der Waals surface area contributed by atoms with Gasteiger partial charge in [-0.3, -0.25) is 4.90 Å². The molecule has 1 aliphatic carbocycles. The quantitative estimate of drug-likeness (QED) is 0.914. The molecule has 0 amide bonds. The Bertz CT molecular complexity index is 791. The number of aliphatic hydroxyl groups is 1. The number of rotatable bonds is 4. The van der Waals surface area contributed by atoms with E-state index in [1.165, 1.54) is 16.7 Å². The van der Waals surface area contributed by atoms with Crippen LogP contribution in [-0.2, 0) is 6.42 Å². The molecule has 138 valence electrons. The van der Waals surface area contributed by atoms with Crippen molar-refractivity contribution in [2.75, 3.05) is 33.8 Å². The summed E-state index contributed by atoms with van der Waals surface area (Å²) in [5.41, 5.74) is 5.04. The predicted molar refractivity (Wildman–Crippen MR) is 102 cm³/mol. The molecular formula is C22H27FN2O. The summed E-state index contributed by atoms with van der Waals surface area (Å²) >= 11 is 0. The van der Waals surface area contributed by atoms with E-state index >= 15 is 0 Å². The van der Waals surface area contributed by atoms with Crippen molar-refractivity contribution in [2.45, 2.75) is 30.8 Å². The van der Waals surface area contributed by atoms with E-state index in [0.29, 0.717) is 18.5 Å². The number of hydrogen-bond acceptors (Lipinski definition) is 3. The van der Waals surface area contributed by atoms with E-state index in [-0.39, 0.29) is 18.5 Å². The summed E-state index contributed by atoms with van der Waals surface area (Å²) in [5.74, 6) is 0.166. The lowest BCUT2D eigenvalue weighted by molar-refractivity contribution is 0.127. The Morgan fingerprint density at radius 2 is 1.88 bits per heavy atom. The van der Waals surface area contributed by atoms with E-state index < -0.39 is 0 Å². The first-order chi connectivity index (χ1) is 12.6. The molecule has 1 aliphatic heterocycles. The van der Waals surface area contributed by atoms with Crippen molar-refractivity contribution in [1.29, 1.82) is 0 Å². The monoisotopic (exact) mass is 354 g/mol. The van der Waals surface area contributed by atoms with Crippen LogP contribution in [0.2, 0.25) is 0 Å². The summed E-state index contributed by atoms with van der Waals surface area (Å²) in [4.78, 5) is 4.61. The minimum absolute atomic E-state index is 0.124. The standard InChI is InChI=1S/C22H27FN2O/c1-24(2)14-18-13-21-19-6-4-3-5-15(19)11-16-7-8-17(23)12-20(16)22(21)25(18)9-10-26/h3-8,12,18,21-22,26H,9-11,13-14H2,1-2H3/t18-,21-,22-/m1/s1. The van der Waals surface area contributed by atoms with Gasteiger partial charge in [0.15, 0.2) is 0 Å². The summed E-state index contributed by atoms with van der Waals surface area (Å²) in [6, 6.07) is 14.4. The van der Waals surface area contributed by atoms with Crippen LogP contribution in [0, 0.1) is 5.82 Å². The van der Waals surface area contributed by atoms with Gasteiger partial charge in [0.1, 0.15) is 5.82 Å². The number of aliphatic hydroxyl groups excluding tert-OH is 1. The summed E-state index contributed by atoms with van der Waals surface area (Å²) in [6.45, 7) is 1.69. The first-order valence-electron chi connectivity index (χ1n) is 9.46. The SMILES string of the molecule is CN(C)C[C@H]1C[C@@H]2c3ccccc3Cc3ccc(F)cc3[C@H]2N1CCO. The summed E-state index contributed by atoms with van der Waals surface area (Å²) in [7, 11) is 4.18. The molecule has 3 nitrogen and oxygen atoms in total. The molecule has 3 atom stereocenters. The number of nitrogens with zero attached hydrogens (tertiary/aromatic N) is 2. The Kier molecular flexibility index (Phi) is 4.82. The minimum Gasteiger partial charge on any atom is -0.395 e. The van der Waals surface area contributed by atoms with Gasteiger partial charge in [0.05, 0.1) is 6.61 Å². The maximum absolute atomic E-state index is 14.2. The van der Waals surface area contributed by atoms with Crippen LogP contribution < -0.4 is 0 Å². The van der Waals surface area contributed by atoms with Crippen molar-refractivity contribution >= 4 is 0 Å². The van der Waals surface area contributed by atoms with Crippen molar-refractivity contribution < 1.29 is 9.50 Å². The molecule has 0 spiro atoms. The van der Waals surface area contributed by atoms with Gasteiger partial charge in [-0.25, -0.2) is 4.39 Å². The lowest BCUT2D eigenvalue weighted by atomic mass is 9.86. The fraction of sp³-hybridized carbons (Fsp3) is 0.455. The highest BCUT2D eigenvalue weighted by atomic mass is 19.1. The molecular weight excluding hydrogens is 327 g/mol. The van der Waals surface area contributed by atoms with Crippen molar-refractivity contribution in [1.82, 2.24) is 9.80 Å². The summed E-state index contributed by atoms with van der Waals surface area (Å²) < 4.78 is 14.2. The largest absolute Gasteiger partial charge is 0.395 e. The zero-order valence-electron chi connectivity index (χ0n) is 15.5. The topological polar surface area (TPSA) is 26.7 Å². The van der Waals surface area contributed by atoms with Crippen LogP contribution in [0.25, 0.3) is 0 Å².